The number of nitrogens with zero attached hydrogens (tertiary/aromatic N) is 1. The van der Waals surface area contributed by atoms with Gasteiger partial charge in [0.15, 0.2) is 0 Å². The van der Waals surface area contributed by atoms with Crippen LogP contribution in [0, 0.1) is 8.99 Å². The molecule has 18 heavy (non-hydrogen) atoms. The molecule has 100 valence electrons. The zero-order valence-corrected chi connectivity index (χ0v) is 13.9. The molecule has 1 N–H and O–H groups in total. The molecule has 3 heteroatoms. The van der Waals surface area contributed by atoms with Crippen molar-refractivity contribution in [3.63, 3.8) is 0 Å². The third-order valence-corrected chi connectivity index (χ3v) is 4.49. The van der Waals surface area contributed by atoms with E-state index in [1.165, 1.54) is 9.26 Å². The van der Waals surface area contributed by atoms with Crippen LogP contribution >= 0.6 is 22.6 Å². The van der Waals surface area contributed by atoms with Crippen molar-refractivity contribution in [3.05, 3.63) is 27.8 Å². The third-order valence-electron chi connectivity index (χ3n) is 3.77. The highest BCUT2D eigenvalue weighted by Gasteiger charge is 2.32. The molecule has 2 atom stereocenters. The number of hydrogen-bond donors (Lipinski definition) is 1. The second-order valence-corrected chi connectivity index (χ2v) is 7.55. The van der Waals surface area contributed by atoms with E-state index in [1.54, 1.807) is 0 Å². The Morgan fingerprint density at radius 1 is 1.22 bits per heavy atom. The lowest BCUT2D eigenvalue weighted by atomic mass is 9.84. The molecule has 2 rings (SSSR count). The van der Waals surface area contributed by atoms with Gasteiger partial charge < -0.3 is 10.2 Å². The fourth-order valence-electron chi connectivity index (χ4n) is 2.44. The minimum atomic E-state index is 0.307. The average Bonchev–Trinajstić information content (AvgIpc) is 2.29. The predicted molar refractivity (Wildman–Crippen MR) is 87.2 cm³/mol. The van der Waals surface area contributed by atoms with E-state index in [0.717, 1.165) is 13.1 Å². The Balaban J connectivity index is 2.17. The van der Waals surface area contributed by atoms with E-state index in [0.29, 0.717) is 17.5 Å². The maximum absolute atomic E-state index is 3.68. The van der Waals surface area contributed by atoms with Gasteiger partial charge in [-0.05, 0) is 59.2 Å². The van der Waals surface area contributed by atoms with Crippen LogP contribution < -0.4 is 10.2 Å². The molecule has 0 aromatic heterocycles. The van der Waals surface area contributed by atoms with Gasteiger partial charge in [0.1, 0.15) is 0 Å². The monoisotopic (exact) mass is 358 g/mol. The first kappa shape index (κ1) is 14.1. The molecule has 0 radical (unpaired) electrons. The number of rotatable bonds is 1. The Labute approximate surface area is 124 Å². The Morgan fingerprint density at radius 2 is 1.83 bits per heavy atom. The number of anilines is 1. The quantitative estimate of drug-likeness (QED) is 0.773. The Morgan fingerprint density at radius 3 is 2.39 bits per heavy atom. The molecule has 1 aromatic rings. The molecule has 0 saturated carbocycles. The first-order valence-electron chi connectivity index (χ1n) is 6.63. The summed E-state index contributed by atoms with van der Waals surface area (Å²) >= 11 is 2.36. The van der Waals surface area contributed by atoms with E-state index in [-0.39, 0.29) is 0 Å². The van der Waals surface area contributed by atoms with E-state index in [9.17, 15) is 0 Å². The van der Waals surface area contributed by atoms with Crippen LogP contribution in [0.2, 0.25) is 0 Å². The fourth-order valence-corrected chi connectivity index (χ4v) is 2.80. The maximum atomic E-state index is 3.68. The van der Waals surface area contributed by atoms with Gasteiger partial charge in [0, 0.05) is 34.4 Å². The van der Waals surface area contributed by atoms with Crippen LogP contribution in [0.3, 0.4) is 0 Å². The Bertz CT molecular complexity index is 394. The first-order valence-corrected chi connectivity index (χ1v) is 7.71. The molecular weight excluding hydrogens is 335 g/mol. The SMILES string of the molecule is CC1CNC(C(C)(C)C)CN1c1ccc(I)cc1. The van der Waals surface area contributed by atoms with Crippen LogP contribution in [0.4, 0.5) is 5.69 Å². The summed E-state index contributed by atoms with van der Waals surface area (Å²) in [6.45, 7) is 11.4. The summed E-state index contributed by atoms with van der Waals surface area (Å²) in [7, 11) is 0. The van der Waals surface area contributed by atoms with Crippen molar-refractivity contribution >= 4 is 28.3 Å². The van der Waals surface area contributed by atoms with Gasteiger partial charge in [-0.2, -0.15) is 0 Å². The molecule has 1 aliphatic heterocycles. The van der Waals surface area contributed by atoms with Crippen molar-refractivity contribution in [1.29, 1.82) is 0 Å². The zero-order chi connectivity index (χ0) is 13.3. The van der Waals surface area contributed by atoms with Crippen molar-refractivity contribution in [3.8, 4) is 0 Å². The number of benzene rings is 1. The normalized spacial score (nSPS) is 25.3. The van der Waals surface area contributed by atoms with Gasteiger partial charge in [-0.25, -0.2) is 0 Å². The summed E-state index contributed by atoms with van der Waals surface area (Å²) < 4.78 is 1.30. The van der Waals surface area contributed by atoms with Crippen LogP contribution in [0.15, 0.2) is 24.3 Å². The second kappa shape index (κ2) is 5.37. The molecule has 1 heterocycles. The number of halogens is 1. The predicted octanol–water partition coefficient (Wildman–Crippen LogP) is 3.50. The molecule has 1 aromatic carbocycles. The number of hydrogen-bond acceptors (Lipinski definition) is 2. The summed E-state index contributed by atoms with van der Waals surface area (Å²) in [5, 5.41) is 3.68. The highest BCUT2D eigenvalue weighted by atomic mass is 127. The largest absolute Gasteiger partial charge is 0.366 e. The molecule has 1 fully saturated rings. The van der Waals surface area contributed by atoms with Crippen LogP contribution in [-0.2, 0) is 0 Å². The molecule has 0 aliphatic carbocycles. The second-order valence-electron chi connectivity index (χ2n) is 6.30. The van der Waals surface area contributed by atoms with Crippen molar-refractivity contribution < 1.29 is 0 Å². The lowest BCUT2D eigenvalue weighted by Crippen LogP contribution is -2.59. The van der Waals surface area contributed by atoms with Gasteiger partial charge in [0.2, 0.25) is 0 Å². The minimum Gasteiger partial charge on any atom is -0.366 e. The van der Waals surface area contributed by atoms with Gasteiger partial charge in [-0.3, -0.25) is 0 Å². The Hall–Kier alpha value is -0.290. The molecule has 1 saturated heterocycles. The molecule has 0 amide bonds. The summed E-state index contributed by atoms with van der Waals surface area (Å²) in [6.07, 6.45) is 0. The Kier molecular flexibility index (Phi) is 4.22. The third kappa shape index (κ3) is 3.18. The molecule has 2 nitrogen and oxygen atoms in total. The topological polar surface area (TPSA) is 15.3 Å². The summed E-state index contributed by atoms with van der Waals surface area (Å²) in [5.41, 5.74) is 1.65. The molecule has 2 unspecified atom stereocenters. The average molecular weight is 358 g/mol. The molecule has 0 bridgehead atoms. The van der Waals surface area contributed by atoms with E-state index in [4.69, 9.17) is 0 Å². The highest BCUT2D eigenvalue weighted by Crippen LogP contribution is 2.27. The highest BCUT2D eigenvalue weighted by molar-refractivity contribution is 14.1. The summed E-state index contributed by atoms with van der Waals surface area (Å²) in [4.78, 5) is 2.53. The smallest absolute Gasteiger partial charge is 0.0387 e. The van der Waals surface area contributed by atoms with E-state index >= 15 is 0 Å². The number of nitrogens with one attached hydrogen (secondary N) is 1. The van der Waals surface area contributed by atoms with Crippen molar-refractivity contribution in [2.45, 2.75) is 39.8 Å². The van der Waals surface area contributed by atoms with Crippen molar-refractivity contribution in [2.24, 2.45) is 5.41 Å². The van der Waals surface area contributed by atoms with Crippen LogP contribution in [0.25, 0.3) is 0 Å². The fraction of sp³-hybridized carbons (Fsp3) is 0.600. The molecule has 0 spiro atoms. The lowest BCUT2D eigenvalue weighted by molar-refractivity contribution is 0.239. The molecular formula is C15H23IN2. The minimum absolute atomic E-state index is 0.307. The van der Waals surface area contributed by atoms with Gasteiger partial charge >= 0.3 is 0 Å². The standard InChI is InChI=1S/C15H23IN2/c1-11-9-17-14(15(2,3)4)10-18(11)13-7-5-12(16)6-8-13/h5-8,11,14,17H,9-10H2,1-4H3. The van der Waals surface area contributed by atoms with Crippen LogP contribution in [0.1, 0.15) is 27.7 Å². The van der Waals surface area contributed by atoms with Gasteiger partial charge in [-0.1, -0.05) is 20.8 Å². The van der Waals surface area contributed by atoms with Crippen LogP contribution in [-0.4, -0.2) is 25.2 Å². The van der Waals surface area contributed by atoms with Gasteiger partial charge in [-0.15, -0.1) is 0 Å². The number of piperazine rings is 1. The van der Waals surface area contributed by atoms with Gasteiger partial charge in [0.05, 0.1) is 0 Å². The maximum Gasteiger partial charge on any atom is 0.0387 e. The van der Waals surface area contributed by atoms with E-state index in [1.807, 2.05) is 0 Å². The summed E-state index contributed by atoms with van der Waals surface area (Å²) in [6, 6.07) is 9.97. The van der Waals surface area contributed by atoms with Crippen LogP contribution in [0.5, 0.6) is 0 Å². The van der Waals surface area contributed by atoms with E-state index < -0.39 is 0 Å². The zero-order valence-electron chi connectivity index (χ0n) is 11.7. The van der Waals surface area contributed by atoms with Gasteiger partial charge in [0.25, 0.3) is 0 Å². The molecule has 1 aliphatic rings. The summed E-state index contributed by atoms with van der Waals surface area (Å²) in [5.74, 6) is 0. The van der Waals surface area contributed by atoms with Crippen molar-refractivity contribution in [2.75, 3.05) is 18.0 Å². The lowest BCUT2D eigenvalue weighted by Gasteiger charge is -2.45. The van der Waals surface area contributed by atoms with Crippen molar-refractivity contribution in [1.82, 2.24) is 5.32 Å². The first-order chi connectivity index (χ1) is 8.38. The van der Waals surface area contributed by atoms with E-state index in [2.05, 4.69) is 84.8 Å².